The zero-order valence-corrected chi connectivity index (χ0v) is 17.8. The third kappa shape index (κ3) is 5.19. The van der Waals surface area contributed by atoms with Gasteiger partial charge in [-0.25, -0.2) is 5.43 Å². The monoisotopic (exact) mass is 431 g/mol. The maximum absolute atomic E-state index is 12.4. The molecule has 3 aromatic rings. The molecule has 1 aliphatic carbocycles. The van der Waals surface area contributed by atoms with Gasteiger partial charge in [0.25, 0.3) is 5.91 Å². The fraction of sp³-hybridized carbons (Fsp3) is 0.160. The van der Waals surface area contributed by atoms with E-state index >= 15 is 0 Å². The van der Waals surface area contributed by atoms with Gasteiger partial charge in [0.2, 0.25) is 5.91 Å². The largest absolute Gasteiger partial charge is 0.322 e. The summed E-state index contributed by atoms with van der Waals surface area (Å²) in [6, 6.07) is 24.1. The smallest absolute Gasteiger partial charge is 0.255 e. The Hall–Kier alpha value is -3.44. The average molecular weight is 432 g/mol. The number of nitrogens with zero attached hydrogens (tertiary/aromatic N) is 1. The van der Waals surface area contributed by atoms with Crippen molar-refractivity contribution in [1.29, 1.82) is 0 Å². The van der Waals surface area contributed by atoms with Crippen molar-refractivity contribution in [2.24, 2.45) is 11.0 Å². The molecule has 0 radical (unpaired) electrons. The van der Waals surface area contributed by atoms with Crippen molar-refractivity contribution in [1.82, 2.24) is 5.43 Å². The van der Waals surface area contributed by atoms with Gasteiger partial charge in [-0.3, -0.25) is 9.59 Å². The van der Waals surface area contributed by atoms with Gasteiger partial charge in [0.1, 0.15) is 0 Å². The van der Waals surface area contributed by atoms with Crippen molar-refractivity contribution < 1.29 is 9.59 Å². The van der Waals surface area contributed by atoms with Crippen LogP contribution in [-0.4, -0.2) is 17.5 Å². The molecule has 0 bridgehead atoms. The van der Waals surface area contributed by atoms with Crippen LogP contribution in [0.2, 0.25) is 5.02 Å². The highest BCUT2D eigenvalue weighted by Crippen LogP contribution is 2.47. The quantitative estimate of drug-likeness (QED) is 0.414. The zero-order valence-electron chi connectivity index (χ0n) is 17.0. The van der Waals surface area contributed by atoms with Crippen LogP contribution in [0.5, 0.6) is 0 Å². The van der Waals surface area contributed by atoms with Crippen LogP contribution in [-0.2, 0) is 4.79 Å². The Kier molecular flexibility index (Phi) is 6.14. The molecule has 6 heteroatoms. The third-order valence-electron chi connectivity index (χ3n) is 5.33. The molecular formula is C25H22ClN3O2. The van der Waals surface area contributed by atoms with E-state index in [1.165, 1.54) is 5.56 Å². The van der Waals surface area contributed by atoms with Gasteiger partial charge in [-0.15, -0.1) is 0 Å². The molecule has 0 aliphatic heterocycles. The number of halogens is 1. The Bertz CT molecular complexity index is 1130. The van der Waals surface area contributed by atoms with Crippen molar-refractivity contribution in [2.45, 2.75) is 19.3 Å². The van der Waals surface area contributed by atoms with E-state index in [1.54, 1.807) is 30.3 Å². The summed E-state index contributed by atoms with van der Waals surface area (Å²) in [5.41, 5.74) is 6.50. The van der Waals surface area contributed by atoms with Gasteiger partial charge < -0.3 is 5.32 Å². The number of carbonyl (C=O) groups excluding carboxylic acids is 2. The fourth-order valence-corrected chi connectivity index (χ4v) is 3.59. The van der Waals surface area contributed by atoms with Gasteiger partial charge in [0.15, 0.2) is 0 Å². The summed E-state index contributed by atoms with van der Waals surface area (Å²) in [7, 11) is 0. The molecule has 1 saturated carbocycles. The van der Waals surface area contributed by atoms with E-state index in [0.717, 1.165) is 12.0 Å². The van der Waals surface area contributed by atoms with Crippen LogP contribution in [0.3, 0.4) is 0 Å². The molecule has 31 heavy (non-hydrogen) atoms. The number of hydrazone groups is 1. The van der Waals surface area contributed by atoms with Crippen molar-refractivity contribution in [3.63, 3.8) is 0 Å². The minimum Gasteiger partial charge on any atom is -0.322 e. The van der Waals surface area contributed by atoms with E-state index in [-0.39, 0.29) is 23.7 Å². The Morgan fingerprint density at radius 1 is 0.935 bits per heavy atom. The predicted molar refractivity (Wildman–Crippen MR) is 123 cm³/mol. The van der Waals surface area contributed by atoms with Gasteiger partial charge in [-0.1, -0.05) is 54.1 Å². The summed E-state index contributed by atoms with van der Waals surface area (Å²) < 4.78 is 0. The lowest BCUT2D eigenvalue weighted by Crippen LogP contribution is -2.21. The molecule has 156 valence electrons. The summed E-state index contributed by atoms with van der Waals surface area (Å²) >= 11 is 5.87. The van der Waals surface area contributed by atoms with Gasteiger partial charge in [-0.05, 0) is 66.8 Å². The molecule has 0 spiro atoms. The first-order valence-corrected chi connectivity index (χ1v) is 10.5. The second-order valence-corrected chi connectivity index (χ2v) is 8.01. The van der Waals surface area contributed by atoms with E-state index in [9.17, 15) is 9.59 Å². The summed E-state index contributed by atoms with van der Waals surface area (Å²) in [5, 5.41) is 7.70. The number of carbonyl (C=O) groups is 2. The fourth-order valence-electron chi connectivity index (χ4n) is 3.47. The van der Waals surface area contributed by atoms with E-state index in [4.69, 9.17) is 11.6 Å². The molecule has 2 N–H and O–H groups in total. The number of amides is 2. The molecule has 1 aliphatic rings. The second-order valence-electron chi connectivity index (χ2n) is 7.57. The molecule has 0 heterocycles. The van der Waals surface area contributed by atoms with Gasteiger partial charge in [-0.2, -0.15) is 5.10 Å². The highest BCUT2D eigenvalue weighted by atomic mass is 35.5. The normalized spacial score (nSPS) is 17.7. The number of hydrogen-bond acceptors (Lipinski definition) is 3. The first-order chi connectivity index (χ1) is 15.0. The molecule has 2 amide bonds. The molecule has 4 rings (SSSR count). The van der Waals surface area contributed by atoms with Gasteiger partial charge >= 0.3 is 0 Å². The summed E-state index contributed by atoms with van der Waals surface area (Å²) in [6.45, 7) is 1.82. The molecule has 0 aromatic heterocycles. The highest BCUT2D eigenvalue weighted by molar-refractivity contribution is 6.30. The molecule has 3 aromatic carbocycles. The number of rotatable bonds is 6. The minimum absolute atomic E-state index is 0.0380. The van der Waals surface area contributed by atoms with Gasteiger partial charge in [0.05, 0.1) is 5.71 Å². The maximum Gasteiger partial charge on any atom is 0.255 e. The van der Waals surface area contributed by atoms with Crippen LogP contribution in [0.1, 0.15) is 40.7 Å². The Morgan fingerprint density at radius 3 is 2.42 bits per heavy atom. The summed E-state index contributed by atoms with van der Waals surface area (Å²) in [4.78, 5) is 24.8. The van der Waals surface area contributed by atoms with Crippen molar-refractivity contribution >= 4 is 34.8 Å². The molecule has 5 nitrogen and oxygen atoms in total. The summed E-state index contributed by atoms with van der Waals surface area (Å²) in [5.74, 6) is -0.0649. The number of nitrogens with one attached hydrogen (secondary N) is 2. The number of anilines is 1. The van der Waals surface area contributed by atoms with E-state index < -0.39 is 0 Å². The van der Waals surface area contributed by atoms with Crippen molar-refractivity contribution in [3.05, 3.63) is 101 Å². The van der Waals surface area contributed by atoms with E-state index in [1.807, 2.05) is 43.3 Å². The van der Waals surface area contributed by atoms with E-state index in [2.05, 4.69) is 28.0 Å². The molecule has 2 atom stereocenters. The molecule has 2 unspecified atom stereocenters. The Labute approximate surface area is 186 Å². The molecule has 1 fully saturated rings. The minimum atomic E-state index is -0.225. The summed E-state index contributed by atoms with van der Waals surface area (Å²) in [6.07, 6.45) is 0.844. The number of hydrogen-bond donors (Lipinski definition) is 2. The molecule has 0 saturated heterocycles. The lowest BCUT2D eigenvalue weighted by atomic mass is 10.1. The average Bonchev–Trinajstić information content (AvgIpc) is 3.59. The standard InChI is InChI=1S/C25H22ClN3O2/c1-16(28-29-25(31)23-15-22(23)17-6-3-2-4-7-17)19-8-5-9-21(14-19)27-24(30)18-10-12-20(26)13-11-18/h2-14,22-23H,15H2,1H3,(H,27,30)(H,29,31)/b28-16-. The number of benzene rings is 3. The lowest BCUT2D eigenvalue weighted by Gasteiger charge is -2.08. The second kappa shape index (κ2) is 9.14. The molecular weight excluding hydrogens is 410 g/mol. The first-order valence-electron chi connectivity index (χ1n) is 10.1. The Morgan fingerprint density at radius 2 is 1.68 bits per heavy atom. The Balaban J connectivity index is 1.37. The SMILES string of the molecule is C/C(=N/NC(=O)C1CC1c1ccccc1)c1cccc(NC(=O)c2ccc(Cl)cc2)c1. The topological polar surface area (TPSA) is 70.6 Å². The third-order valence-corrected chi connectivity index (χ3v) is 5.59. The highest BCUT2D eigenvalue weighted by Gasteiger charge is 2.43. The van der Waals surface area contributed by atoms with Crippen LogP contribution in [0, 0.1) is 5.92 Å². The van der Waals surface area contributed by atoms with E-state index in [0.29, 0.717) is 22.0 Å². The van der Waals surface area contributed by atoms with Crippen LogP contribution < -0.4 is 10.7 Å². The predicted octanol–water partition coefficient (Wildman–Crippen LogP) is 5.24. The van der Waals surface area contributed by atoms with Crippen LogP contribution >= 0.6 is 11.6 Å². The van der Waals surface area contributed by atoms with Crippen LogP contribution in [0.4, 0.5) is 5.69 Å². The zero-order chi connectivity index (χ0) is 21.8. The van der Waals surface area contributed by atoms with Gasteiger partial charge in [0, 0.05) is 22.2 Å². The lowest BCUT2D eigenvalue weighted by molar-refractivity contribution is -0.122. The first kappa shape index (κ1) is 20.8. The maximum atomic E-state index is 12.4. The van der Waals surface area contributed by atoms with Crippen molar-refractivity contribution in [2.75, 3.05) is 5.32 Å². The van der Waals surface area contributed by atoms with Crippen LogP contribution in [0.25, 0.3) is 0 Å². The van der Waals surface area contributed by atoms with Crippen molar-refractivity contribution in [3.8, 4) is 0 Å². The van der Waals surface area contributed by atoms with Crippen LogP contribution in [0.15, 0.2) is 84.0 Å².